The molecule has 0 bridgehead atoms. The molecule has 1 saturated heterocycles. The minimum Gasteiger partial charge on any atom is -0.465 e. The van der Waals surface area contributed by atoms with E-state index in [1.807, 2.05) is 97.2 Å². The van der Waals surface area contributed by atoms with E-state index in [0.717, 1.165) is 58.6 Å². The number of ether oxygens (including phenoxy) is 3. The van der Waals surface area contributed by atoms with Crippen molar-refractivity contribution < 1.29 is 28.9 Å². The minimum absolute atomic E-state index is 0.00892. The first-order valence-electron chi connectivity index (χ1n) is 16.8. The van der Waals surface area contributed by atoms with Crippen LogP contribution < -0.4 is 10.6 Å². The second-order valence-corrected chi connectivity index (χ2v) is 12.3. The number of carbonyl (C=O) groups is 2. The van der Waals surface area contributed by atoms with Gasteiger partial charge < -0.3 is 34.9 Å². The highest BCUT2D eigenvalue weighted by molar-refractivity contribution is 5.81. The van der Waals surface area contributed by atoms with E-state index in [0.29, 0.717) is 0 Å². The third-order valence-corrected chi connectivity index (χ3v) is 8.74. The van der Waals surface area contributed by atoms with E-state index >= 15 is 0 Å². The van der Waals surface area contributed by atoms with Gasteiger partial charge in [-0.1, -0.05) is 85.8 Å². The molecule has 0 saturated carbocycles. The van der Waals surface area contributed by atoms with Gasteiger partial charge in [0, 0.05) is 49.4 Å². The van der Waals surface area contributed by atoms with Crippen LogP contribution in [0, 0.1) is 5.92 Å². The fourth-order valence-corrected chi connectivity index (χ4v) is 5.96. The van der Waals surface area contributed by atoms with Crippen LogP contribution in [0.15, 0.2) is 97.2 Å². The zero-order valence-electron chi connectivity index (χ0n) is 28.4. The van der Waals surface area contributed by atoms with Gasteiger partial charge in [0.1, 0.15) is 6.54 Å². The number of benzene rings is 3. The number of aliphatic hydroxyl groups excluding tert-OH is 1. The van der Waals surface area contributed by atoms with Crippen molar-refractivity contribution in [3.05, 3.63) is 125 Å². The second kappa shape index (κ2) is 17.7. The van der Waals surface area contributed by atoms with Gasteiger partial charge in [0.05, 0.1) is 25.4 Å². The standard InChI is InChI=1S/C39H46N4O6/c1-4-47-36(45)24-42-39(46)41-23-32-9-5-6-11-34(32)29-16-18-31(19-17-29)38-48-35(25-43(3)22-20-33-10-7-8-21-40-33)27(2)37(49-38)30-14-12-28(26-44)13-15-30/h5-19,21,27,35,37-38,44H,4,20,22-26H2,1-3H3,(H2,41,42,46)/t27-,35+,37+,38+/m1/s1. The molecule has 10 heteroatoms. The van der Waals surface area contributed by atoms with Gasteiger partial charge in [-0.2, -0.15) is 0 Å². The van der Waals surface area contributed by atoms with Gasteiger partial charge in [0.2, 0.25) is 0 Å². The number of urea groups is 1. The van der Waals surface area contributed by atoms with Crippen LogP contribution in [0.5, 0.6) is 0 Å². The van der Waals surface area contributed by atoms with Gasteiger partial charge in [-0.3, -0.25) is 9.78 Å². The van der Waals surface area contributed by atoms with E-state index in [-0.39, 0.29) is 44.4 Å². The fraction of sp³-hybridized carbons (Fsp3) is 0.359. The van der Waals surface area contributed by atoms with Gasteiger partial charge in [-0.05, 0) is 53.9 Å². The summed E-state index contributed by atoms with van der Waals surface area (Å²) in [7, 11) is 2.11. The zero-order valence-corrected chi connectivity index (χ0v) is 28.4. The second-order valence-electron chi connectivity index (χ2n) is 12.3. The van der Waals surface area contributed by atoms with Crippen molar-refractivity contribution in [2.24, 2.45) is 5.92 Å². The summed E-state index contributed by atoms with van der Waals surface area (Å²) in [6.07, 6.45) is 1.79. The summed E-state index contributed by atoms with van der Waals surface area (Å²) in [5, 5.41) is 14.9. The Balaban J connectivity index is 1.29. The molecule has 1 aliphatic rings. The molecule has 0 unspecified atom stereocenters. The average Bonchev–Trinajstić information content (AvgIpc) is 3.14. The quantitative estimate of drug-likeness (QED) is 0.150. The molecule has 0 aliphatic carbocycles. The highest BCUT2D eigenvalue weighted by Crippen LogP contribution is 2.42. The number of nitrogens with one attached hydrogen (secondary N) is 2. The Hall–Kier alpha value is -4.61. The first-order valence-corrected chi connectivity index (χ1v) is 16.8. The van der Waals surface area contributed by atoms with Crippen molar-refractivity contribution in [3.8, 4) is 11.1 Å². The number of carbonyl (C=O) groups excluding carboxylic acids is 2. The maximum absolute atomic E-state index is 12.3. The lowest BCUT2D eigenvalue weighted by atomic mass is 9.90. The molecule has 258 valence electrons. The van der Waals surface area contributed by atoms with Gasteiger partial charge >= 0.3 is 12.0 Å². The summed E-state index contributed by atoms with van der Waals surface area (Å²) in [4.78, 5) is 30.6. The number of aliphatic hydroxyl groups is 1. The Morgan fingerprint density at radius 3 is 2.37 bits per heavy atom. The van der Waals surface area contributed by atoms with Gasteiger partial charge in [0.15, 0.2) is 6.29 Å². The third-order valence-electron chi connectivity index (χ3n) is 8.74. The molecule has 0 radical (unpaired) electrons. The predicted molar refractivity (Wildman–Crippen MR) is 187 cm³/mol. The van der Waals surface area contributed by atoms with Crippen molar-refractivity contribution in [1.82, 2.24) is 20.5 Å². The van der Waals surface area contributed by atoms with Gasteiger partial charge in [-0.15, -0.1) is 0 Å². The lowest BCUT2D eigenvalue weighted by Crippen LogP contribution is -2.43. The molecule has 2 amide bonds. The van der Waals surface area contributed by atoms with Crippen LogP contribution in [0.1, 0.15) is 54.2 Å². The largest absolute Gasteiger partial charge is 0.465 e. The number of esters is 1. The lowest BCUT2D eigenvalue weighted by molar-refractivity contribution is -0.275. The van der Waals surface area contributed by atoms with Crippen LogP contribution >= 0.6 is 0 Å². The molecule has 1 aromatic heterocycles. The van der Waals surface area contributed by atoms with E-state index in [1.165, 1.54) is 0 Å². The Morgan fingerprint density at radius 2 is 1.65 bits per heavy atom. The van der Waals surface area contributed by atoms with E-state index in [4.69, 9.17) is 14.2 Å². The number of rotatable bonds is 14. The van der Waals surface area contributed by atoms with Crippen molar-refractivity contribution in [2.45, 2.75) is 51.9 Å². The number of likely N-dealkylation sites (N-methyl/N-ethyl adjacent to an activating group) is 1. The highest BCUT2D eigenvalue weighted by Gasteiger charge is 2.38. The molecular formula is C39H46N4O6. The zero-order chi connectivity index (χ0) is 34.6. The normalized spacial score (nSPS) is 19.0. The van der Waals surface area contributed by atoms with Crippen molar-refractivity contribution in [3.63, 3.8) is 0 Å². The van der Waals surface area contributed by atoms with E-state index < -0.39 is 18.3 Å². The summed E-state index contributed by atoms with van der Waals surface area (Å²) in [5.74, 6) is -0.412. The molecule has 3 N–H and O–H groups in total. The van der Waals surface area contributed by atoms with Crippen LogP contribution in [0.2, 0.25) is 0 Å². The van der Waals surface area contributed by atoms with Crippen LogP contribution in [0.3, 0.4) is 0 Å². The summed E-state index contributed by atoms with van der Waals surface area (Å²) in [6, 6.07) is 29.5. The van der Waals surface area contributed by atoms with Crippen LogP contribution in [-0.4, -0.2) is 66.4 Å². The number of nitrogens with zero attached hydrogens (tertiary/aromatic N) is 2. The molecular weight excluding hydrogens is 620 g/mol. The maximum atomic E-state index is 12.3. The first-order chi connectivity index (χ1) is 23.8. The van der Waals surface area contributed by atoms with Crippen LogP contribution in [-0.2, 0) is 38.6 Å². The molecule has 10 nitrogen and oxygen atoms in total. The molecule has 2 heterocycles. The Bertz CT molecular complexity index is 1630. The maximum Gasteiger partial charge on any atom is 0.325 e. The molecule has 4 atom stereocenters. The molecule has 0 spiro atoms. The smallest absolute Gasteiger partial charge is 0.325 e. The third kappa shape index (κ3) is 9.96. The molecule has 1 fully saturated rings. The van der Waals surface area contributed by atoms with E-state index in [1.54, 1.807) is 6.92 Å². The minimum atomic E-state index is -0.582. The fourth-order valence-electron chi connectivity index (χ4n) is 5.96. The molecule has 49 heavy (non-hydrogen) atoms. The Morgan fingerprint density at radius 1 is 0.918 bits per heavy atom. The lowest BCUT2D eigenvalue weighted by Gasteiger charge is -2.42. The monoisotopic (exact) mass is 666 g/mol. The average molecular weight is 667 g/mol. The van der Waals surface area contributed by atoms with E-state index in [9.17, 15) is 14.7 Å². The molecule has 1 aliphatic heterocycles. The SMILES string of the molecule is CCOC(=O)CNC(=O)NCc1ccccc1-c1ccc([C@H]2O[C@@H](CN(C)CCc3ccccn3)[C@@H](C)[C@@H](c3ccc(CO)cc3)O2)cc1. The molecule has 3 aromatic carbocycles. The number of hydrogen-bond donors (Lipinski definition) is 3. The number of pyridine rings is 1. The highest BCUT2D eigenvalue weighted by atomic mass is 16.7. The Kier molecular flexibility index (Phi) is 12.9. The van der Waals surface area contributed by atoms with Crippen LogP contribution in [0.4, 0.5) is 4.79 Å². The van der Waals surface area contributed by atoms with Gasteiger partial charge in [0.25, 0.3) is 0 Å². The number of hydrogen-bond acceptors (Lipinski definition) is 8. The number of aromatic nitrogens is 1. The van der Waals surface area contributed by atoms with Gasteiger partial charge in [-0.25, -0.2) is 4.79 Å². The topological polar surface area (TPSA) is 122 Å². The Labute approximate surface area is 288 Å². The summed E-state index contributed by atoms with van der Waals surface area (Å²) < 4.78 is 18.2. The number of amides is 2. The first kappa shape index (κ1) is 35.7. The van der Waals surface area contributed by atoms with E-state index in [2.05, 4.69) is 34.5 Å². The summed E-state index contributed by atoms with van der Waals surface area (Å²) in [5.41, 5.74) is 6.76. The molecule has 5 rings (SSSR count). The summed E-state index contributed by atoms with van der Waals surface area (Å²) in [6.45, 7) is 5.81. The summed E-state index contributed by atoms with van der Waals surface area (Å²) >= 11 is 0. The van der Waals surface area contributed by atoms with Crippen molar-refractivity contribution in [1.29, 1.82) is 0 Å². The van der Waals surface area contributed by atoms with Crippen molar-refractivity contribution >= 4 is 12.0 Å². The van der Waals surface area contributed by atoms with Crippen molar-refractivity contribution in [2.75, 3.05) is 33.3 Å². The molecule has 4 aromatic rings. The predicted octanol–water partition coefficient (Wildman–Crippen LogP) is 5.57. The van der Waals surface area contributed by atoms with Crippen LogP contribution in [0.25, 0.3) is 11.1 Å².